The summed E-state index contributed by atoms with van der Waals surface area (Å²) < 4.78 is 7.03. The fourth-order valence-corrected chi connectivity index (χ4v) is 3.00. The molecule has 1 saturated heterocycles. The van der Waals surface area contributed by atoms with Gasteiger partial charge in [0.1, 0.15) is 12.3 Å². The molecule has 1 aromatic carbocycles. The van der Waals surface area contributed by atoms with E-state index in [-0.39, 0.29) is 18.5 Å². The number of hydrogen-bond acceptors (Lipinski definition) is 4. The van der Waals surface area contributed by atoms with E-state index in [0.717, 1.165) is 23.4 Å². The van der Waals surface area contributed by atoms with Crippen LogP contribution in [0.2, 0.25) is 0 Å². The summed E-state index contributed by atoms with van der Waals surface area (Å²) in [5.41, 5.74) is 1.95. The average molecular weight is 371 g/mol. The van der Waals surface area contributed by atoms with Crippen LogP contribution in [-0.4, -0.2) is 58.3 Å². The number of hydrogen-bond donors (Lipinski definition) is 1. The fourth-order valence-electron chi connectivity index (χ4n) is 3.00. The third-order valence-electron chi connectivity index (χ3n) is 4.57. The number of methoxy groups -OCH3 is 1. The van der Waals surface area contributed by atoms with Gasteiger partial charge >= 0.3 is 6.03 Å². The minimum absolute atomic E-state index is 0.0574. The molecule has 2 heterocycles. The number of amides is 3. The summed E-state index contributed by atoms with van der Waals surface area (Å²) in [6.07, 6.45) is 3.64. The Balaban J connectivity index is 1.49. The van der Waals surface area contributed by atoms with Crippen molar-refractivity contribution in [1.82, 2.24) is 24.9 Å². The van der Waals surface area contributed by atoms with Crippen molar-refractivity contribution in [3.05, 3.63) is 47.8 Å². The van der Waals surface area contributed by atoms with Crippen LogP contribution in [0.15, 0.2) is 36.7 Å². The largest absolute Gasteiger partial charge is 0.497 e. The summed E-state index contributed by atoms with van der Waals surface area (Å²) in [6.45, 7) is 4.82. The lowest BCUT2D eigenvalue weighted by molar-refractivity contribution is -0.135. The first kappa shape index (κ1) is 18.8. The maximum absolute atomic E-state index is 12.4. The maximum Gasteiger partial charge on any atom is 0.318 e. The van der Waals surface area contributed by atoms with Crippen LogP contribution in [0.5, 0.6) is 5.75 Å². The van der Waals surface area contributed by atoms with Crippen LogP contribution in [0.1, 0.15) is 18.1 Å². The summed E-state index contributed by atoms with van der Waals surface area (Å²) in [6, 6.07) is 7.43. The quantitative estimate of drug-likeness (QED) is 0.834. The number of nitrogens with one attached hydrogen (secondary N) is 1. The third kappa shape index (κ3) is 4.78. The molecule has 1 aliphatic heterocycles. The number of carbonyl (C=O) groups is 2. The zero-order valence-corrected chi connectivity index (χ0v) is 15.7. The van der Waals surface area contributed by atoms with Gasteiger partial charge in [-0.2, -0.15) is 5.10 Å². The van der Waals surface area contributed by atoms with Crippen molar-refractivity contribution in [1.29, 1.82) is 0 Å². The average Bonchev–Trinajstić information content (AvgIpc) is 3.16. The van der Waals surface area contributed by atoms with E-state index in [9.17, 15) is 9.59 Å². The first-order valence-electron chi connectivity index (χ1n) is 9.04. The molecular formula is C19H25N5O3. The van der Waals surface area contributed by atoms with E-state index in [1.807, 2.05) is 42.1 Å². The van der Waals surface area contributed by atoms with Gasteiger partial charge in [-0.1, -0.05) is 12.1 Å². The summed E-state index contributed by atoms with van der Waals surface area (Å²) in [4.78, 5) is 28.1. The zero-order valence-electron chi connectivity index (χ0n) is 15.7. The SMILES string of the molecule is CCn1cc(CNC(=O)N2CCN(Cc3cccc(OC)c3)C(=O)C2)cn1. The van der Waals surface area contributed by atoms with Gasteiger partial charge in [0, 0.05) is 44.5 Å². The van der Waals surface area contributed by atoms with Crippen molar-refractivity contribution in [3.63, 3.8) is 0 Å². The van der Waals surface area contributed by atoms with Crippen molar-refractivity contribution in [2.24, 2.45) is 0 Å². The molecule has 0 unspecified atom stereocenters. The highest BCUT2D eigenvalue weighted by Gasteiger charge is 2.27. The molecule has 0 spiro atoms. The van der Waals surface area contributed by atoms with Crippen molar-refractivity contribution < 1.29 is 14.3 Å². The van der Waals surface area contributed by atoms with E-state index < -0.39 is 0 Å². The number of urea groups is 1. The highest BCUT2D eigenvalue weighted by molar-refractivity contribution is 5.85. The van der Waals surface area contributed by atoms with Crippen molar-refractivity contribution >= 4 is 11.9 Å². The Labute approximate surface area is 158 Å². The van der Waals surface area contributed by atoms with Crippen molar-refractivity contribution in [2.45, 2.75) is 26.6 Å². The van der Waals surface area contributed by atoms with Gasteiger partial charge in [0.2, 0.25) is 5.91 Å². The molecule has 1 aliphatic rings. The molecule has 0 saturated carbocycles. The Bertz CT molecular complexity index is 804. The van der Waals surface area contributed by atoms with Crippen molar-refractivity contribution in [3.8, 4) is 5.75 Å². The van der Waals surface area contributed by atoms with Crippen LogP contribution in [0.4, 0.5) is 4.79 Å². The molecule has 144 valence electrons. The number of nitrogens with zero attached hydrogens (tertiary/aromatic N) is 4. The predicted molar refractivity (Wildman–Crippen MR) is 100 cm³/mol. The van der Waals surface area contributed by atoms with Gasteiger partial charge in [-0.25, -0.2) is 4.79 Å². The van der Waals surface area contributed by atoms with E-state index in [0.29, 0.717) is 26.2 Å². The molecule has 8 nitrogen and oxygen atoms in total. The molecule has 1 N–H and O–H groups in total. The number of ether oxygens (including phenoxy) is 1. The standard InChI is InChI=1S/C19H25N5O3/c1-3-24-13-16(11-21-24)10-20-19(26)23-8-7-22(18(25)14-23)12-15-5-4-6-17(9-15)27-2/h4-6,9,11,13H,3,7-8,10,12,14H2,1-2H3,(H,20,26). The van der Waals surface area contributed by atoms with Crippen LogP contribution < -0.4 is 10.1 Å². The molecule has 3 rings (SSSR count). The minimum atomic E-state index is -0.228. The topological polar surface area (TPSA) is 79.7 Å². The Morgan fingerprint density at radius 3 is 2.85 bits per heavy atom. The molecular weight excluding hydrogens is 346 g/mol. The van der Waals surface area contributed by atoms with E-state index in [4.69, 9.17) is 4.74 Å². The van der Waals surface area contributed by atoms with E-state index in [1.54, 1.807) is 23.1 Å². The van der Waals surface area contributed by atoms with E-state index >= 15 is 0 Å². The minimum Gasteiger partial charge on any atom is -0.497 e. The number of carbonyl (C=O) groups excluding carboxylic acids is 2. The molecule has 3 amide bonds. The maximum atomic E-state index is 12.4. The number of rotatable bonds is 6. The molecule has 8 heteroatoms. The first-order valence-corrected chi connectivity index (χ1v) is 9.04. The fraction of sp³-hybridized carbons (Fsp3) is 0.421. The molecule has 0 aliphatic carbocycles. The van der Waals surface area contributed by atoms with Crippen LogP contribution in [0, 0.1) is 0 Å². The van der Waals surface area contributed by atoms with E-state index in [2.05, 4.69) is 10.4 Å². The smallest absolute Gasteiger partial charge is 0.318 e. The van der Waals surface area contributed by atoms with Gasteiger partial charge in [-0.15, -0.1) is 0 Å². The summed E-state index contributed by atoms with van der Waals surface area (Å²) in [5.74, 6) is 0.711. The highest BCUT2D eigenvalue weighted by Crippen LogP contribution is 2.16. The summed E-state index contributed by atoms with van der Waals surface area (Å²) >= 11 is 0. The normalized spacial score (nSPS) is 14.4. The lowest BCUT2D eigenvalue weighted by atomic mass is 10.2. The van der Waals surface area contributed by atoms with Gasteiger partial charge in [-0.05, 0) is 24.6 Å². The number of aromatic nitrogens is 2. The second kappa shape index (κ2) is 8.57. The Kier molecular flexibility index (Phi) is 5.95. The highest BCUT2D eigenvalue weighted by atomic mass is 16.5. The van der Waals surface area contributed by atoms with Gasteiger partial charge < -0.3 is 19.9 Å². The van der Waals surface area contributed by atoms with E-state index in [1.165, 1.54) is 0 Å². The Hall–Kier alpha value is -3.03. The lowest BCUT2D eigenvalue weighted by Crippen LogP contribution is -2.54. The molecule has 27 heavy (non-hydrogen) atoms. The summed E-state index contributed by atoms with van der Waals surface area (Å²) in [5, 5.41) is 7.03. The van der Waals surface area contributed by atoms with Crippen LogP contribution in [0.25, 0.3) is 0 Å². The Morgan fingerprint density at radius 2 is 2.15 bits per heavy atom. The zero-order chi connectivity index (χ0) is 19.2. The molecule has 1 fully saturated rings. The first-order chi connectivity index (χ1) is 13.1. The van der Waals surface area contributed by atoms with Crippen LogP contribution >= 0.6 is 0 Å². The number of piperazine rings is 1. The van der Waals surface area contributed by atoms with Gasteiger partial charge in [0.05, 0.1) is 13.3 Å². The van der Waals surface area contributed by atoms with Crippen LogP contribution in [0.3, 0.4) is 0 Å². The van der Waals surface area contributed by atoms with Crippen molar-refractivity contribution in [2.75, 3.05) is 26.7 Å². The van der Waals surface area contributed by atoms with Gasteiger partial charge in [0.25, 0.3) is 0 Å². The van der Waals surface area contributed by atoms with Gasteiger partial charge in [-0.3, -0.25) is 9.48 Å². The molecule has 1 aromatic heterocycles. The predicted octanol–water partition coefficient (Wildman–Crippen LogP) is 1.47. The molecule has 0 radical (unpaired) electrons. The molecule has 0 bridgehead atoms. The monoisotopic (exact) mass is 371 g/mol. The number of benzene rings is 1. The van der Waals surface area contributed by atoms with Gasteiger partial charge in [0.15, 0.2) is 0 Å². The Morgan fingerprint density at radius 1 is 1.30 bits per heavy atom. The molecule has 2 aromatic rings. The third-order valence-corrected chi connectivity index (χ3v) is 4.57. The second-order valence-corrected chi connectivity index (χ2v) is 6.45. The lowest BCUT2D eigenvalue weighted by Gasteiger charge is -2.34. The summed E-state index contributed by atoms with van der Waals surface area (Å²) in [7, 11) is 1.62. The second-order valence-electron chi connectivity index (χ2n) is 6.45. The molecule has 0 atom stereocenters. The number of aryl methyl sites for hydroxylation is 1. The van der Waals surface area contributed by atoms with Crippen LogP contribution in [-0.2, 0) is 24.4 Å².